The van der Waals surface area contributed by atoms with Crippen LogP contribution in [-0.4, -0.2) is 12.0 Å². The van der Waals surface area contributed by atoms with Crippen molar-refractivity contribution in [1.29, 1.82) is 0 Å². The van der Waals surface area contributed by atoms with Crippen LogP contribution in [0.5, 0.6) is 0 Å². The van der Waals surface area contributed by atoms with Crippen LogP contribution < -0.4 is 5.32 Å². The highest BCUT2D eigenvalue weighted by Gasteiger charge is 2.04. The van der Waals surface area contributed by atoms with E-state index in [0.717, 1.165) is 13.0 Å². The smallest absolute Gasteiger partial charge is 0.0931 e. The van der Waals surface area contributed by atoms with Crippen molar-refractivity contribution < 1.29 is 0 Å². The van der Waals surface area contributed by atoms with E-state index in [0.29, 0.717) is 0 Å². The van der Waals surface area contributed by atoms with Gasteiger partial charge in [0.2, 0.25) is 0 Å². The van der Waals surface area contributed by atoms with Crippen LogP contribution in [0.1, 0.15) is 28.9 Å². The predicted octanol–water partition coefficient (Wildman–Crippen LogP) is 2.12. The van der Waals surface area contributed by atoms with E-state index in [4.69, 9.17) is 0 Å². The fourth-order valence-electron chi connectivity index (χ4n) is 1.14. The Labute approximate surface area is 78.0 Å². The first-order valence-corrected chi connectivity index (χ1v) is 5.19. The maximum atomic E-state index is 4.55. The van der Waals surface area contributed by atoms with Gasteiger partial charge >= 0.3 is 0 Å². The molecule has 0 bridgehead atoms. The van der Waals surface area contributed by atoms with Crippen molar-refractivity contribution in [3.05, 3.63) is 15.6 Å². The Morgan fingerprint density at radius 2 is 2.25 bits per heavy atom. The van der Waals surface area contributed by atoms with Crippen LogP contribution in [0.3, 0.4) is 0 Å². The highest BCUT2D eigenvalue weighted by Crippen LogP contribution is 2.18. The van der Waals surface area contributed by atoms with Crippen molar-refractivity contribution in [2.75, 3.05) is 7.05 Å². The average molecular weight is 184 g/mol. The lowest BCUT2D eigenvalue weighted by Gasteiger charge is -1.93. The fourth-order valence-corrected chi connectivity index (χ4v) is 2.19. The molecule has 3 heteroatoms. The normalized spacial score (nSPS) is 10.6. The highest BCUT2D eigenvalue weighted by molar-refractivity contribution is 7.11. The van der Waals surface area contributed by atoms with Crippen LogP contribution >= 0.6 is 11.3 Å². The minimum Gasteiger partial charge on any atom is -0.314 e. The van der Waals surface area contributed by atoms with E-state index in [9.17, 15) is 0 Å². The second-order valence-electron chi connectivity index (χ2n) is 2.89. The zero-order valence-electron chi connectivity index (χ0n) is 7.98. The highest BCUT2D eigenvalue weighted by atomic mass is 32.1. The Morgan fingerprint density at radius 1 is 1.50 bits per heavy atom. The van der Waals surface area contributed by atoms with Gasteiger partial charge < -0.3 is 5.32 Å². The molecule has 0 atom stereocenters. The Kier molecular flexibility index (Phi) is 3.69. The number of hydrogen-bond acceptors (Lipinski definition) is 3. The lowest BCUT2D eigenvalue weighted by atomic mass is 10.3. The van der Waals surface area contributed by atoms with E-state index >= 15 is 0 Å². The zero-order chi connectivity index (χ0) is 8.97. The minimum absolute atomic E-state index is 0.895. The van der Waals surface area contributed by atoms with Gasteiger partial charge in [-0.25, -0.2) is 4.98 Å². The SMILES string of the molecule is CCCc1nc(CNC)c(C)s1. The van der Waals surface area contributed by atoms with E-state index in [1.54, 1.807) is 0 Å². The number of nitrogens with zero attached hydrogens (tertiary/aromatic N) is 1. The number of nitrogens with one attached hydrogen (secondary N) is 1. The van der Waals surface area contributed by atoms with Gasteiger partial charge in [-0.1, -0.05) is 6.92 Å². The van der Waals surface area contributed by atoms with Crippen molar-refractivity contribution in [1.82, 2.24) is 10.3 Å². The number of rotatable bonds is 4. The molecule has 1 N–H and O–H groups in total. The van der Waals surface area contributed by atoms with E-state index in [-0.39, 0.29) is 0 Å². The summed E-state index contributed by atoms with van der Waals surface area (Å²) in [5.74, 6) is 0. The van der Waals surface area contributed by atoms with Gasteiger partial charge in [0, 0.05) is 11.4 Å². The summed E-state index contributed by atoms with van der Waals surface area (Å²) in [5, 5.41) is 4.40. The van der Waals surface area contributed by atoms with Gasteiger partial charge in [-0.3, -0.25) is 0 Å². The van der Waals surface area contributed by atoms with E-state index in [1.165, 1.54) is 22.0 Å². The number of hydrogen-bond donors (Lipinski definition) is 1. The first-order valence-electron chi connectivity index (χ1n) is 4.37. The van der Waals surface area contributed by atoms with E-state index < -0.39 is 0 Å². The molecular formula is C9H16N2S. The van der Waals surface area contributed by atoms with Crippen molar-refractivity contribution in [3.8, 4) is 0 Å². The molecule has 0 aliphatic carbocycles. The molecule has 0 saturated heterocycles. The average Bonchev–Trinajstić information content (AvgIpc) is 2.34. The maximum Gasteiger partial charge on any atom is 0.0931 e. The molecule has 1 aromatic heterocycles. The summed E-state index contributed by atoms with van der Waals surface area (Å²) in [7, 11) is 1.96. The third-order valence-corrected chi connectivity index (χ3v) is 2.82. The first-order chi connectivity index (χ1) is 5.77. The molecule has 1 aromatic rings. The molecule has 1 rings (SSSR count). The second-order valence-corrected chi connectivity index (χ2v) is 4.18. The van der Waals surface area contributed by atoms with Crippen LogP contribution in [0, 0.1) is 6.92 Å². The van der Waals surface area contributed by atoms with E-state index in [1.807, 2.05) is 18.4 Å². The summed E-state index contributed by atoms with van der Waals surface area (Å²) in [6, 6.07) is 0. The standard InChI is InChI=1S/C9H16N2S/c1-4-5-9-11-8(6-10-3)7(2)12-9/h10H,4-6H2,1-3H3. The summed E-state index contributed by atoms with van der Waals surface area (Å²) in [6.45, 7) is 5.23. The summed E-state index contributed by atoms with van der Waals surface area (Å²) < 4.78 is 0. The van der Waals surface area contributed by atoms with Crippen molar-refractivity contribution in [3.63, 3.8) is 0 Å². The molecule has 0 amide bonds. The minimum atomic E-state index is 0.895. The van der Waals surface area contributed by atoms with E-state index in [2.05, 4.69) is 24.1 Å². The van der Waals surface area contributed by atoms with Crippen LogP contribution in [0.2, 0.25) is 0 Å². The van der Waals surface area contributed by atoms with Gasteiger partial charge in [-0.15, -0.1) is 11.3 Å². The maximum absolute atomic E-state index is 4.55. The molecule has 0 radical (unpaired) electrons. The van der Waals surface area contributed by atoms with Gasteiger partial charge in [0.15, 0.2) is 0 Å². The molecule has 0 unspecified atom stereocenters. The van der Waals surface area contributed by atoms with Crippen LogP contribution in [0.4, 0.5) is 0 Å². The van der Waals surface area contributed by atoms with Gasteiger partial charge in [0.1, 0.15) is 0 Å². The van der Waals surface area contributed by atoms with Gasteiger partial charge in [-0.05, 0) is 26.8 Å². The van der Waals surface area contributed by atoms with Crippen molar-refractivity contribution in [2.45, 2.75) is 33.2 Å². The van der Waals surface area contributed by atoms with Crippen LogP contribution in [-0.2, 0) is 13.0 Å². The predicted molar refractivity (Wildman–Crippen MR) is 53.6 cm³/mol. The van der Waals surface area contributed by atoms with Gasteiger partial charge in [-0.2, -0.15) is 0 Å². The van der Waals surface area contributed by atoms with Crippen LogP contribution in [0.25, 0.3) is 0 Å². The molecule has 0 fully saturated rings. The van der Waals surface area contributed by atoms with Crippen LogP contribution in [0.15, 0.2) is 0 Å². The monoisotopic (exact) mass is 184 g/mol. The third-order valence-electron chi connectivity index (χ3n) is 1.75. The molecule has 0 saturated carbocycles. The molecule has 0 aliphatic rings. The third kappa shape index (κ3) is 2.29. The first kappa shape index (κ1) is 9.68. The molecule has 0 aliphatic heterocycles. The molecule has 0 aromatic carbocycles. The zero-order valence-corrected chi connectivity index (χ0v) is 8.79. The molecule has 1 heterocycles. The summed E-state index contributed by atoms with van der Waals surface area (Å²) in [6.07, 6.45) is 2.31. The van der Waals surface area contributed by atoms with Gasteiger partial charge in [0.25, 0.3) is 0 Å². The second kappa shape index (κ2) is 4.58. The number of aryl methyl sites for hydroxylation is 2. The fraction of sp³-hybridized carbons (Fsp3) is 0.667. The quantitative estimate of drug-likeness (QED) is 0.775. The summed E-state index contributed by atoms with van der Waals surface area (Å²) in [4.78, 5) is 5.90. The number of aromatic nitrogens is 1. The lowest BCUT2D eigenvalue weighted by molar-refractivity contribution is 0.782. The molecular weight excluding hydrogens is 168 g/mol. The topological polar surface area (TPSA) is 24.9 Å². The van der Waals surface area contributed by atoms with Crippen molar-refractivity contribution >= 4 is 11.3 Å². The number of thiazole rings is 1. The molecule has 68 valence electrons. The lowest BCUT2D eigenvalue weighted by Crippen LogP contribution is -2.06. The Bertz CT molecular complexity index is 243. The Hall–Kier alpha value is -0.410. The van der Waals surface area contributed by atoms with Crippen molar-refractivity contribution in [2.24, 2.45) is 0 Å². The summed E-state index contributed by atoms with van der Waals surface area (Å²) in [5.41, 5.74) is 1.21. The van der Waals surface area contributed by atoms with Gasteiger partial charge in [0.05, 0.1) is 10.7 Å². The Balaban J connectivity index is 2.70. The molecule has 12 heavy (non-hydrogen) atoms. The Morgan fingerprint density at radius 3 is 2.83 bits per heavy atom. The molecule has 2 nitrogen and oxygen atoms in total. The largest absolute Gasteiger partial charge is 0.314 e. The molecule has 0 spiro atoms. The summed E-state index contributed by atoms with van der Waals surface area (Å²) >= 11 is 1.83.